The second kappa shape index (κ2) is 5.00. The van der Waals surface area contributed by atoms with E-state index in [4.69, 9.17) is 4.74 Å². The van der Waals surface area contributed by atoms with Crippen LogP contribution in [0, 0.1) is 0 Å². The molecule has 3 nitrogen and oxygen atoms in total. The minimum absolute atomic E-state index is 0.0824. The van der Waals surface area contributed by atoms with Crippen molar-refractivity contribution in [3.63, 3.8) is 0 Å². The molecule has 14 heavy (non-hydrogen) atoms. The molecule has 1 N–H and O–H groups in total. The van der Waals surface area contributed by atoms with Crippen molar-refractivity contribution in [1.29, 1.82) is 0 Å². The Bertz CT molecular complexity index is 339. The van der Waals surface area contributed by atoms with Gasteiger partial charge < -0.3 is 10.1 Å². The molecule has 1 aromatic rings. The number of ether oxygens (including phenoxy) is 1. The highest BCUT2D eigenvalue weighted by Gasteiger charge is 2.02. The zero-order valence-corrected chi connectivity index (χ0v) is 9.72. The van der Waals surface area contributed by atoms with Gasteiger partial charge >= 0.3 is 0 Å². The normalized spacial score (nSPS) is 9.64. The number of hydrogen-bond acceptors (Lipinski definition) is 2. The minimum atomic E-state index is -0.0824. The van der Waals surface area contributed by atoms with Crippen LogP contribution in [0.25, 0.3) is 0 Å². The van der Waals surface area contributed by atoms with Crippen molar-refractivity contribution in [3.05, 3.63) is 22.7 Å². The highest BCUT2D eigenvalue weighted by atomic mass is 79.9. The fourth-order valence-electron chi connectivity index (χ4n) is 1.05. The van der Waals surface area contributed by atoms with Crippen LogP contribution in [0.15, 0.2) is 22.7 Å². The predicted octanol–water partition coefficient (Wildman–Crippen LogP) is 2.81. The highest BCUT2D eigenvalue weighted by molar-refractivity contribution is 9.10. The molecule has 0 aliphatic rings. The summed E-state index contributed by atoms with van der Waals surface area (Å²) in [5.74, 6) is 0.697. The van der Waals surface area contributed by atoms with E-state index in [1.165, 1.54) is 6.92 Å². The third-order valence-corrected chi connectivity index (χ3v) is 2.17. The lowest BCUT2D eigenvalue weighted by Gasteiger charge is -2.07. The Balaban J connectivity index is 2.83. The van der Waals surface area contributed by atoms with E-state index in [9.17, 15) is 4.79 Å². The molecule has 0 aromatic heterocycles. The van der Waals surface area contributed by atoms with Crippen LogP contribution in [0.2, 0.25) is 0 Å². The Labute approximate surface area is 91.6 Å². The van der Waals surface area contributed by atoms with Gasteiger partial charge in [0.1, 0.15) is 5.75 Å². The van der Waals surface area contributed by atoms with Crippen LogP contribution in [0.5, 0.6) is 5.75 Å². The third kappa shape index (κ3) is 3.03. The molecule has 1 aromatic carbocycles. The van der Waals surface area contributed by atoms with E-state index in [0.717, 1.165) is 15.9 Å². The molecule has 1 amide bonds. The summed E-state index contributed by atoms with van der Waals surface area (Å²) >= 11 is 3.36. The molecule has 0 saturated carbocycles. The maximum atomic E-state index is 10.8. The van der Waals surface area contributed by atoms with Crippen molar-refractivity contribution in [3.8, 4) is 5.75 Å². The van der Waals surface area contributed by atoms with Gasteiger partial charge in [0.15, 0.2) is 0 Å². The van der Waals surface area contributed by atoms with Gasteiger partial charge in [0.25, 0.3) is 0 Å². The number of carbonyl (C=O) groups excluding carboxylic acids is 1. The van der Waals surface area contributed by atoms with E-state index in [0.29, 0.717) is 6.61 Å². The Morgan fingerprint density at radius 1 is 1.57 bits per heavy atom. The molecule has 0 bridgehead atoms. The lowest BCUT2D eigenvalue weighted by Crippen LogP contribution is -2.05. The van der Waals surface area contributed by atoms with Crippen molar-refractivity contribution in [2.45, 2.75) is 13.8 Å². The molecule has 0 radical (unpaired) electrons. The molecule has 76 valence electrons. The summed E-state index contributed by atoms with van der Waals surface area (Å²) < 4.78 is 6.18. The van der Waals surface area contributed by atoms with Gasteiger partial charge in [-0.2, -0.15) is 0 Å². The Morgan fingerprint density at radius 3 is 2.79 bits per heavy atom. The molecule has 0 fully saturated rings. The monoisotopic (exact) mass is 257 g/mol. The zero-order valence-electron chi connectivity index (χ0n) is 8.13. The molecule has 0 atom stereocenters. The van der Waals surface area contributed by atoms with Crippen LogP contribution in [0.4, 0.5) is 5.69 Å². The van der Waals surface area contributed by atoms with Crippen molar-refractivity contribution < 1.29 is 9.53 Å². The number of hydrogen-bond donors (Lipinski definition) is 1. The Morgan fingerprint density at radius 2 is 2.29 bits per heavy atom. The molecular weight excluding hydrogens is 246 g/mol. The average molecular weight is 258 g/mol. The molecule has 4 heteroatoms. The van der Waals surface area contributed by atoms with E-state index < -0.39 is 0 Å². The minimum Gasteiger partial charge on any atom is -0.493 e. The summed E-state index contributed by atoms with van der Waals surface area (Å²) in [7, 11) is 0. The number of nitrogens with one attached hydrogen (secondary N) is 1. The molecule has 0 unspecified atom stereocenters. The molecule has 0 saturated heterocycles. The largest absolute Gasteiger partial charge is 0.493 e. The van der Waals surface area contributed by atoms with E-state index >= 15 is 0 Å². The molecule has 1 rings (SSSR count). The predicted molar refractivity (Wildman–Crippen MR) is 59.6 cm³/mol. The maximum Gasteiger partial charge on any atom is 0.221 e. The lowest BCUT2D eigenvalue weighted by molar-refractivity contribution is -0.114. The molecule has 0 heterocycles. The Kier molecular flexibility index (Phi) is 3.95. The first-order valence-corrected chi connectivity index (χ1v) is 5.12. The van der Waals surface area contributed by atoms with Crippen molar-refractivity contribution >= 4 is 27.5 Å². The van der Waals surface area contributed by atoms with Crippen LogP contribution >= 0.6 is 15.9 Å². The first kappa shape index (κ1) is 11.0. The first-order chi connectivity index (χ1) is 6.63. The van der Waals surface area contributed by atoms with E-state index in [1.807, 2.05) is 19.1 Å². The standard InChI is InChI=1S/C10H12BrNO2/c1-3-14-10-5-4-8(6-9(10)11)12-7(2)13/h4-6H,3H2,1-2H3,(H,12,13). The van der Waals surface area contributed by atoms with Gasteiger partial charge in [-0.1, -0.05) is 0 Å². The van der Waals surface area contributed by atoms with Crippen LogP contribution < -0.4 is 10.1 Å². The van der Waals surface area contributed by atoms with Crippen LogP contribution in [-0.2, 0) is 4.79 Å². The van der Waals surface area contributed by atoms with E-state index in [1.54, 1.807) is 6.07 Å². The van der Waals surface area contributed by atoms with Gasteiger partial charge in [-0.25, -0.2) is 0 Å². The number of halogens is 1. The number of rotatable bonds is 3. The van der Waals surface area contributed by atoms with Gasteiger partial charge in [-0.05, 0) is 41.1 Å². The number of amides is 1. The van der Waals surface area contributed by atoms with Crippen molar-refractivity contribution in [2.24, 2.45) is 0 Å². The lowest BCUT2D eigenvalue weighted by atomic mass is 10.3. The topological polar surface area (TPSA) is 38.3 Å². The maximum absolute atomic E-state index is 10.8. The number of anilines is 1. The summed E-state index contributed by atoms with van der Waals surface area (Å²) in [6, 6.07) is 5.43. The highest BCUT2D eigenvalue weighted by Crippen LogP contribution is 2.27. The summed E-state index contributed by atoms with van der Waals surface area (Å²) in [4.78, 5) is 10.8. The third-order valence-electron chi connectivity index (χ3n) is 1.55. The van der Waals surface area contributed by atoms with Gasteiger partial charge in [0.05, 0.1) is 11.1 Å². The van der Waals surface area contributed by atoms with Crippen molar-refractivity contribution in [1.82, 2.24) is 0 Å². The van der Waals surface area contributed by atoms with Crippen LogP contribution in [-0.4, -0.2) is 12.5 Å². The number of benzene rings is 1. The fourth-order valence-corrected chi connectivity index (χ4v) is 1.55. The van der Waals surface area contributed by atoms with E-state index in [2.05, 4.69) is 21.2 Å². The zero-order chi connectivity index (χ0) is 10.6. The summed E-state index contributed by atoms with van der Waals surface area (Å²) in [6.07, 6.45) is 0. The summed E-state index contributed by atoms with van der Waals surface area (Å²) in [6.45, 7) is 4.02. The van der Waals surface area contributed by atoms with Gasteiger partial charge in [0.2, 0.25) is 5.91 Å². The molecule has 0 aliphatic carbocycles. The molecule has 0 spiro atoms. The van der Waals surface area contributed by atoms with Crippen molar-refractivity contribution in [2.75, 3.05) is 11.9 Å². The van der Waals surface area contributed by atoms with Gasteiger partial charge in [-0.15, -0.1) is 0 Å². The Hall–Kier alpha value is -1.03. The number of carbonyl (C=O) groups is 1. The SMILES string of the molecule is CCOc1ccc(NC(C)=O)cc1Br. The summed E-state index contributed by atoms with van der Waals surface area (Å²) in [5.41, 5.74) is 0.757. The average Bonchev–Trinajstić information content (AvgIpc) is 2.09. The summed E-state index contributed by atoms with van der Waals surface area (Å²) in [5, 5.41) is 2.69. The van der Waals surface area contributed by atoms with Gasteiger partial charge in [-0.3, -0.25) is 4.79 Å². The molecule has 0 aliphatic heterocycles. The fraction of sp³-hybridized carbons (Fsp3) is 0.300. The quantitative estimate of drug-likeness (QED) is 0.905. The second-order valence-electron chi connectivity index (χ2n) is 2.76. The molecular formula is C10H12BrNO2. The van der Waals surface area contributed by atoms with E-state index in [-0.39, 0.29) is 5.91 Å². The van der Waals surface area contributed by atoms with Gasteiger partial charge in [0, 0.05) is 12.6 Å². The second-order valence-corrected chi connectivity index (χ2v) is 3.61. The van der Waals surface area contributed by atoms with Crippen LogP contribution in [0.1, 0.15) is 13.8 Å². The van der Waals surface area contributed by atoms with Crippen LogP contribution in [0.3, 0.4) is 0 Å². The first-order valence-electron chi connectivity index (χ1n) is 4.33. The smallest absolute Gasteiger partial charge is 0.221 e.